The smallest absolute Gasteiger partial charge is 0.294 e. The van der Waals surface area contributed by atoms with Crippen LogP contribution in [0.2, 0.25) is 0 Å². The minimum Gasteiger partial charge on any atom is -0.335 e. The third-order valence-electron chi connectivity index (χ3n) is 4.14. The lowest BCUT2D eigenvalue weighted by atomic mass is 10.0. The predicted octanol–water partition coefficient (Wildman–Crippen LogP) is 3.99. The SMILES string of the molecule is Cc1ccc(C(=O)C(=O)N(C)Cc2cccc3ccccc23)cc1. The van der Waals surface area contributed by atoms with Crippen LogP contribution in [0.3, 0.4) is 0 Å². The predicted molar refractivity (Wildman–Crippen MR) is 95.9 cm³/mol. The highest BCUT2D eigenvalue weighted by molar-refractivity contribution is 6.42. The number of Topliss-reactive ketones (excluding diaryl/α,β-unsaturated/α-hetero) is 1. The van der Waals surface area contributed by atoms with Crippen molar-refractivity contribution in [3.8, 4) is 0 Å². The second-order valence-corrected chi connectivity index (χ2v) is 5.99. The molecule has 3 aromatic rings. The average molecular weight is 317 g/mol. The first kappa shape index (κ1) is 15.9. The first-order valence-electron chi connectivity index (χ1n) is 7.89. The average Bonchev–Trinajstić information content (AvgIpc) is 2.61. The molecule has 24 heavy (non-hydrogen) atoms. The molecule has 0 N–H and O–H groups in total. The lowest BCUT2D eigenvalue weighted by Crippen LogP contribution is -2.32. The van der Waals surface area contributed by atoms with Gasteiger partial charge in [0.05, 0.1) is 0 Å². The summed E-state index contributed by atoms with van der Waals surface area (Å²) < 4.78 is 0. The molecule has 0 unspecified atom stereocenters. The summed E-state index contributed by atoms with van der Waals surface area (Å²) in [5.41, 5.74) is 2.51. The number of benzene rings is 3. The van der Waals surface area contributed by atoms with Gasteiger partial charge in [0, 0.05) is 19.2 Å². The Morgan fingerprint density at radius 2 is 1.54 bits per heavy atom. The lowest BCUT2D eigenvalue weighted by Gasteiger charge is -2.17. The number of hydrogen-bond acceptors (Lipinski definition) is 2. The number of carbonyl (C=O) groups is 2. The van der Waals surface area contributed by atoms with E-state index in [2.05, 4.69) is 0 Å². The van der Waals surface area contributed by atoms with Crippen LogP contribution in [0.25, 0.3) is 10.8 Å². The van der Waals surface area contributed by atoms with E-state index < -0.39 is 11.7 Å². The van der Waals surface area contributed by atoms with Gasteiger partial charge in [0.1, 0.15) is 0 Å². The summed E-state index contributed by atoms with van der Waals surface area (Å²) in [7, 11) is 1.66. The van der Waals surface area contributed by atoms with Crippen molar-refractivity contribution in [1.82, 2.24) is 4.90 Å². The van der Waals surface area contributed by atoms with Crippen LogP contribution in [0.4, 0.5) is 0 Å². The number of ketones is 1. The third-order valence-corrected chi connectivity index (χ3v) is 4.14. The molecule has 0 radical (unpaired) electrons. The van der Waals surface area contributed by atoms with E-state index in [1.54, 1.807) is 19.2 Å². The fourth-order valence-corrected chi connectivity index (χ4v) is 2.76. The minimum absolute atomic E-state index is 0.401. The summed E-state index contributed by atoms with van der Waals surface area (Å²) >= 11 is 0. The van der Waals surface area contributed by atoms with Crippen LogP contribution in [0.15, 0.2) is 66.7 Å². The number of hydrogen-bond donors (Lipinski definition) is 0. The number of rotatable bonds is 4. The van der Waals surface area contributed by atoms with Crippen molar-refractivity contribution < 1.29 is 9.59 Å². The molecule has 0 bridgehead atoms. The van der Waals surface area contributed by atoms with Gasteiger partial charge in [0.25, 0.3) is 5.91 Å². The Hall–Kier alpha value is -2.94. The van der Waals surface area contributed by atoms with Gasteiger partial charge in [-0.1, -0.05) is 72.3 Å². The van der Waals surface area contributed by atoms with Gasteiger partial charge in [-0.15, -0.1) is 0 Å². The van der Waals surface area contributed by atoms with E-state index in [0.717, 1.165) is 21.9 Å². The Morgan fingerprint density at radius 1 is 0.875 bits per heavy atom. The topological polar surface area (TPSA) is 37.4 Å². The summed E-state index contributed by atoms with van der Waals surface area (Å²) in [6, 6.07) is 21.1. The second kappa shape index (κ2) is 6.67. The summed E-state index contributed by atoms with van der Waals surface area (Å²) in [6.07, 6.45) is 0. The summed E-state index contributed by atoms with van der Waals surface area (Å²) in [4.78, 5) is 26.3. The monoisotopic (exact) mass is 317 g/mol. The van der Waals surface area contributed by atoms with E-state index in [1.165, 1.54) is 4.90 Å². The second-order valence-electron chi connectivity index (χ2n) is 5.99. The summed E-state index contributed by atoms with van der Waals surface area (Å²) in [5, 5.41) is 2.23. The molecule has 3 heteroatoms. The zero-order valence-electron chi connectivity index (χ0n) is 13.8. The van der Waals surface area contributed by atoms with E-state index in [0.29, 0.717) is 12.1 Å². The van der Waals surface area contributed by atoms with Crippen molar-refractivity contribution in [2.24, 2.45) is 0 Å². The Balaban J connectivity index is 1.81. The maximum Gasteiger partial charge on any atom is 0.294 e. The first-order valence-corrected chi connectivity index (χ1v) is 7.89. The number of carbonyl (C=O) groups excluding carboxylic acids is 2. The minimum atomic E-state index is -0.494. The number of amides is 1. The molecule has 0 heterocycles. The van der Waals surface area contributed by atoms with Gasteiger partial charge >= 0.3 is 0 Å². The molecule has 0 atom stereocenters. The van der Waals surface area contributed by atoms with Gasteiger partial charge in [-0.05, 0) is 23.3 Å². The molecule has 0 aliphatic heterocycles. The van der Waals surface area contributed by atoms with E-state index in [-0.39, 0.29) is 0 Å². The van der Waals surface area contributed by atoms with Gasteiger partial charge in [-0.3, -0.25) is 9.59 Å². The van der Waals surface area contributed by atoms with Crippen molar-refractivity contribution in [3.05, 3.63) is 83.4 Å². The molecule has 0 saturated heterocycles. The van der Waals surface area contributed by atoms with Crippen LogP contribution in [0.1, 0.15) is 21.5 Å². The zero-order valence-corrected chi connectivity index (χ0v) is 13.8. The molecule has 3 rings (SSSR count). The molecule has 0 aliphatic rings. The van der Waals surface area contributed by atoms with E-state index >= 15 is 0 Å². The van der Waals surface area contributed by atoms with Crippen LogP contribution in [0.5, 0.6) is 0 Å². The zero-order chi connectivity index (χ0) is 17.1. The Labute approximate surface area is 141 Å². The number of likely N-dealkylation sites (N-methyl/N-ethyl adjacent to an activating group) is 1. The molecule has 0 saturated carbocycles. The van der Waals surface area contributed by atoms with Gasteiger partial charge < -0.3 is 4.90 Å². The van der Waals surface area contributed by atoms with Crippen molar-refractivity contribution in [2.75, 3.05) is 7.05 Å². The quantitative estimate of drug-likeness (QED) is 0.539. The maximum atomic E-state index is 12.4. The fourth-order valence-electron chi connectivity index (χ4n) is 2.76. The highest BCUT2D eigenvalue weighted by Crippen LogP contribution is 2.20. The molecule has 3 nitrogen and oxygen atoms in total. The fraction of sp³-hybridized carbons (Fsp3) is 0.143. The largest absolute Gasteiger partial charge is 0.335 e. The van der Waals surface area contributed by atoms with Gasteiger partial charge in [-0.25, -0.2) is 0 Å². The van der Waals surface area contributed by atoms with Crippen LogP contribution in [-0.2, 0) is 11.3 Å². The Bertz CT molecular complexity index is 892. The lowest BCUT2D eigenvalue weighted by molar-refractivity contribution is -0.125. The molecule has 0 spiro atoms. The van der Waals surface area contributed by atoms with Crippen molar-refractivity contribution in [3.63, 3.8) is 0 Å². The molecule has 0 aliphatic carbocycles. The van der Waals surface area contributed by atoms with E-state index in [9.17, 15) is 9.59 Å². The third kappa shape index (κ3) is 3.20. The van der Waals surface area contributed by atoms with Crippen molar-refractivity contribution in [1.29, 1.82) is 0 Å². The van der Waals surface area contributed by atoms with Crippen LogP contribution in [-0.4, -0.2) is 23.6 Å². The molecule has 1 amide bonds. The number of aryl methyl sites for hydroxylation is 1. The Morgan fingerprint density at radius 3 is 2.29 bits per heavy atom. The Kier molecular flexibility index (Phi) is 4.43. The maximum absolute atomic E-state index is 12.4. The molecular formula is C21H19NO2. The number of nitrogens with zero attached hydrogens (tertiary/aromatic N) is 1. The standard InChI is InChI=1S/C21H19NO2/c1-15-10-12-17(13-11-15)20(23)21(24)22(2)14-18-8-5-7-16-6-3-4-9-19(16)18/h3-13H,14H2,1-2H3. The van der Waals surface area contributed by atoms with Crippen LogP contribution >= 0.6 is 0 Å². The normalized spacial score (nSPS) is 10.6. The highest BCUT2D eigenvalue weighted by Gasteiger charge is 2.20. The molecule has 0 fully saturated rings. The summed E-state index contributed by atoms with van der Waals surface area (Å²) in [5.74, 6) is -0.968. The molecular weight excluding hydrogens is 298 g/mol. The van der Waals surface area contributed by atoms with Crippen molar-refractivity contribution >= 4 is 22.5 Å². The van der Waals surface area contributed by atoms with E-state index in [4.69, 9.17) is 0 Å². The van der Waals surface area contributed by atoms with E-state index in [1.807, 2.05) is 61.5 Å². The van der Waals surface area contributed by atoms with Gasteiger partial charge in [0.2, 0.25) is 5.78 Å². The van der Waals surface area contributed by atoms with Gasteiger partial charge in [0.15, 0.2) is 0 Å². The van der Waals surface area contributed by atoms with Gasteiger partial charge in [-0.2, -0.15) is 0 Å². The van der Waals surface area contributed by atoms with Crippen LogP contribution < -0.4 is 0 Å². The molecule has 3 aromatic carbocycles. The summed E-state index contributed by atoms with van der Waals surface area (Å²) in [6.45, 7) is 2.35. The van der Waals surface area contributed by atoms with Crippen molar-refractivity contribution in [2.45, 2.75) is 13.5 Å². The first-order chi connectivity index (χ1) is 11.6. The number of fused-ring (bicyclic) bond motifs is 1. The molecule has 0 aromatic heterocycles. The highest BCUT2D eigenvalue weighted by atomic mass is 16.2. The molecule has 120 valence electrons. The van der Waals surface area contributed by atoms with Crippen LogP contribution in [0, 0.1) is 6.92 Å².